The first kappa shape index (κ1) is 19.7. The predicted octanol–water partition coefficient (Wildman–Crippen LogP) is 3.44. The molecule has 6 nitrogen and oxygen atoms in total. The number of hydrogen-bond acceptors (Lipinski definition) is 6. The SMILES string of the molecule is O=C(OC(COCc1ccccc1)COCc1ccccc1)c1cnccn1. The molecule has 0 aliphatic carbocycles. The van der Waals surface area contributed by atoms with Gasteiger partial charge in [-0.2, -0.15) is 0 Å². The van der Waals surface area contributed by atoms with Crippen molar-refractivity contribution in [1.29, 1.82) is 0 Å². The van der Waals surface area contributed by atoms with E-state index in [0.717, 1.165) is 11.1 Å². The molecule has 2 aromatic carbocycles. The average molecular weight is 378 g/mol. The van der Waals surface area contributed by atoms with Gasteiger partial charge in [0.15, 0.2) is 5.69 Å². The Bertz CT molecular complexity index is 783. The number of benzene rings is 2. The van der Waals surface area contributed by atoms with E-state index in [9.17, 15) is 4.79 Å². The Morgan fingerprint density at radius 1 is 0.821 bits per heavy atom. The molecule has 3 aromatic rings. The fraction of sp³-hybridized carbons (Fsp3) is 0.227. The summed E-state index contributed by atoms with van der Waals surface area (Å²) in [5.74, 6) is -0.551. The summed E-state index contributed by atoms with van der Waals surface area (Å²) >= 11 is 0. The van der Waals surface area contributed by atoms with E-state index in [4.69, 9.17) is 14.2 Å². The summed E-state index contributed by atoms with van der Waals surface area (Å²) in [6.45, 7) is 1.29. The zero-order valence-corrected chi connectivity index (χ0v) is 15.4. The molecule has 144 valence electrons. The van der Waals surface area contributed by atoms with E-state index >= 15 is 0 Å². The maximum atomic E-state index is 12.3. The van der Waals surface area contributed by atoms with E-state index in [1.807, 2.05) is 60.7 Å². The highest BCUT2D eigenvalue weighted by molar-refractivity contribution is 5.86. The highest BCUT2D eigenvalue weighted by atomic mass is 16.6. The van der Waals surface area contributed by atoms with Gasteiger partial charge in [-0.15, -0.1) is 0 Å². The number of ether oxygens (including phenoxy) is 3. The monoisotopic (exact) mass is 378 g/mol. The van der Waals surface area contributed by atoms with Gasteiger partial charge in [-0.3, -0.25) is 4.98 Å². The lowest BCUT2D eigenvalue weighted by atomic mass is 10.2. The Balaban J connectivity index is 1.53. The molecule has 28 heavy (non-hydrogen) atoms. The van der Waals surface area contributed by atoms with Gasteiger partial charge < -0.3 is 14.2 Å². The lowest BCUT2D eigenvalue weighted by molar-refractivity contribution is -0.0465. The van der Waals surface area contributed by atoms with Gasteiger partial charge in [0.2, 0.25) is 0 Å². The van der Waals surface area contributed by atoms with Crippen molar-refractivity contribution >= 4 is 5.97 Å². The Kier molecular flexibility index (Phi) is 7.67. The summed E-state index contributed by atoms with van der Waals surface area (Å²) in [4.78, 5) is 20.1. The van der Waals surface area contributed by atoms with Gasteiger partial charge in [0.05, 0.1) is 32.6 Å². The average Bonchev–Trinajstić information content (AvgIpc) is 2.75. The van der Waals surface area contributed by atoms with Crippen molar-refractivity contribution in [1.82, 2.24) is 9.97 Å². The Hall–Kier alpha value is -3.09. The Morgan fingerprint density at radius 3 is 1.89 bits per heavy atom. The first-order valence-corrected chi connectivity index (χ1v) is 9.01. The molecule has 0 aliphatic rings. The normalized spacial score (nSPS) is 10.8. The zero-order chi connectivity index (χ0) is 19.4. The fourth-order valence-electron chi connectivity index (χ4n) is 2.50. The van der Waals surface area contributed by atoms with Crippen LogP contribution >= 0.6 is 0 Å². The second-order valence-corrected chi connectivity index (χ2v) is 6.12. The van der Waals surface area contributed by atoms with Gasteiger partial charge in [0.1, 0.15) is 6.10 Å². The molecule has 0 fully saturated rings. The third-order valence-electron chi connectivity index (χ3n) is 3.88. The molecule has 1 aromatic heterocycles. The fourth-order valence-corrected chi connectivity index (χ4v) is 2.50. The van der Waals surface area contributed by atoms with Gasteiger partial charge in [-0.05, 0) is 11.1 Å². The number of esters is 1. The molecule has 0 saturated carbocycles. The molecule has 3 rings (SSSR count). The van der Waals surface area contributed by atoms with Crippen LogP contribution in [-0.4, -0.2) is 35.3 Å². The minimum atomic E-state index is -0.554. The van der Waals surface area contributed by atoms with Gasteiger partial charge >= 0.3 is 5.97 Å². The third-order valence-corrected chi connectivity index (χ3v) is 3.88. The quantitative estimate of drug-likeness (QED) is 0.504. The van der Waals surface area contributed by atoms with Gasteiger partial charge in [0, 0.05) is 12.4 Å². The van der Waals surface area contributed by atoms with E-state index in [2.05, 4.69) is 9.97 Å². The van der Waals surface area contributed by atoms with Crippen molar-refractivity contribution in [2.75, 3.05) is 13.2 Å². The standard InChI is InChI=1S/C22H22N2O4/c25-22(21-13-23-11-12-24-21)28-20(16-26-14-18-7-3-1-4-8-18)17-27-15-19-9-5-2-6-10-19/h1-13,20H,14-17H2. The summed E-state index contributed by atoms with van der Waals surface area (Å²) in [7, 11) is 0. The van der Waals surface area contributed by atoms with Crippen molar-refractivity contribution in [3.63, 3.8) is 0 Å². The number of aromatic nitrogens is 2. The number of carbonyl (C=O) groups is 1. The number of rotatable bonds is 10. The molecule has 0 aliphatic heterocycles. The molecule has 0 unspecified atom stereocenters. The Labute approximate surface area is 164 Å². The minimum absolute atomic E-state index is 0.151. The van der Waals surface area contributed by atoms with E-state index in [-0.39, 0.29) is 18.9 Å². The van der Waals surface area contributed by atoms with Crippen molar-refractivity contribution in [3.05, 3.63) is 96.1 Å². The highest BCUT2D eigenvalue weighted by Gasteiger charge is 2.18. The molecule has 0 N–H and O–H groups in total. The van der Waals surface area contributed by atoms with Crippen LogP contribution in [0.3, 0.4) is 0 Å². The molecule has 6 heteroatoms. The van der Waals surface area contributed by atoms with Crippen LogP contribution in [0.5, 0.6) is 0 Å². The lowest BCUT2D eigenvalue weighted by Gasteiger charge is -2.18. The first-order chi connectivity index (χ1) is 13.8. The molecule has 0 radical (unpaired) electrons. The lowest BCUT2D eigenvalue weighted by Crippen LogP contribution is -2.29. The number of nitrogens with zero attached hydrogens (tertiary/aromatic N) is 2. The molecule has 0 amide bonds. The van der Waals surface area contributed by atoms with Crippen LogP contribution in [0.1, 0.15) is 21.6 Å². The van der Waals surface area contributed by atoms with Crippen LogP contribution in [-0.2, 0) is 27.4 Å². The number of carbonyl (C=O) groups excluding carboxylic acids is 1. The molecule has 0 spiro atoms. The van der Waals surface area contributed by atoms with E-state index in [1.54, 1.807) is 0 Å². The summed E-state index contributed by atoms with van der Waals surface area (Å²) < 4.78 is 17.0. The summed E-state index contributed by atoms with van der Waals surface area (Å²) in [5.41, 5.74) is 2.25. The highest BCUT2D eigenvalue weighted by Crippen LogP contribution is 2.07. The van der Waals surface area contributed by atoms with Crippen LogP contribution in [0.2, 0.25) is 0 Å². The van der Waals surface area contributed by atoms with Crippen LogP contribution in [0, 0.1) is 0 Å². The molecule has 0 saturated heterocycles. The molecule has 0 atom stereocenters. The van der Waals surface area contributed by atoms with Gasteiger partial charge in [-0.1, -0.05) is 60.7 Å². The van der Waals surface area contributed by atoms with Crippen LogP contribution < -0.4 is 0 Å². The van der Waals surface area contributed by atoms with Gasteiger partial charge in [-0.25, -0.2) is 9.78 Å². The van der Waals surface area contributed by atoms with Crippen LogP contribution in [0.15, 0.2) is 79.3 Å². The van der Waals surface area contributed by atoms with E-state index in [1.165, 1.54) is 18.6 Å². The first-order valence-electron chi connectivity index (χ1n) is 9.01. The maximum Gasteiger partial charge on any atom is 0.358 e. The maximum absolute atomic E-state index is 12.3. The summed E-state index contributed by atoms with van der Waals surface area (Å²) in [5, 5.41) is 0. The largest absolute Gasteiger partial charge is 0.453 e. The smallest absolute Gasteiger partial charge is 0.358 e. The third kappa shape index (κ3) is 6.57. The second-order valence-electron chi connectivity index (χ2n) is 6.12. The topological polar surface area (TPSA) is 70.5 Å². The predicted molar refractivity (Wildman–Crippen MR) is 103 cm³/mol. The zero-order valence-electron chi connectivity index (χ0n) is 15.4. The van der Waals surface area contributed by atoms with E-state index < -0.39 is 12.1 Å². The number of hydrogen-bond donors (Lipinski definition) is 0. The van der Waals surface area contributed by atoms with Crippen molar-refractivity contribution in [2.45, 2.75) is 19.3 Å². The Morgan fingerprint density at radius 2 is 1.39 bits per heavy atom. The van der Waals surface area contributed by atoms with Gasteiger partial charge in [0.25, 0.3) is 0 Å². The summed E-state index contributed by atoms with van der Waals surface area (Å²) in [6.07, 6.45) is 3.76. The summed E-state index contributed by atoms with van der Waals surface area (Å²) in [6, 6.07) is 19.6. The molecule has 0 bridgehead atoms. The second kappa shape index (κ2) is 10.9. The van der Waals surface area contributed by atoms with E-state index in [0.29, 0.717) is 13.2 Å². The van der Waals surface area contributed by atoms with Crippen LogP contribution in [0.4, 0.5) is 0 Å². The van der Waals surface area contributed by atoms with Crippen molar-refractivity contribution in [3.8, 4) is 0 Å². The minimum Gasteiger partial charge on any atom is -0.453 e. The van der Waals surface area contributed by atoms with Crippen LogP contribution in [0.25, 0.3) is 0 Å². The molecular formula is C22H22N2O4. The molecule has 1 heterocycles. The van der Waals surface area contributed by atoms with Crippen molar-refractivity contribution < 1.29 is 19.0 Å². The molecular weight excluding hydrogens is 356 g/mol. The van der Waals surface area contributed by atoms with Crippen molar-refractivity contribution in [2.24, 2.45) is 0 Å².